The second-order valence-corrected chi connectivity index (χ2v) is 7.47. The summed E-state index contributed by atoms with van der Waals surface area (Å²) in [5.41, 5.74) is 0. The van der Waals surface area contributed by atoms with Crippen LogP contribution in [0.1, 0.15) is 32.1 Å². The second kappa shape index (κ2) is 5.27. The molecule has 98 valence electrons. The van der Waals surface area contributed by atoms with Crippen molar-refractivity contribution in [3.8, 4) is 0 Å². The molecule has 2 heterocycles. The summed E-state index contributed by atoms with van der Waals surface area (Å²) in [5.74, 6) is 0.754. The van der Waals surface area contributed by atoms with Crippen LogP contribution < -0.4 is 10.6 Å². The van der Waals surface area contributed by atoms with Crippen LogP contribution in [0, 0.1) is 5.92 Å². The molecule has 0 spiro atoms. The molecule has 3 unspecified atom stereocenters. The summed E-state index contributed by atoms with van der Waals surface area (Å²) in [6.07, 6.45) is 7.78. The van der Waals surface area contributed by atoms with Crippen molar-refractivity contribution >= 4 is 38.3 Å². The average molecular weight is 330 g/mol. The number of nitrogens with one attached hydrogen (secondary N) is 2. The molecule has 2 aliphatic rings. The molecule has 0 radical (unpaired) electrons. The Hall–Kier alpha value is -0.460. The lowest BCUT2D eigenvalue weighted by molar-refractivity contribution is -0.117. The van der Waals surface area contributed by atoms with E-state index in [1.54, 1.807) is 6.20 Å². The van der Waals surface area contributed by atoms with Crippen LogP contribution in [0.3, 0.4) is 0 Å². The van der Waals surface area contributed by atoms with Crippen molar-refractivity contribution in [2.24, 2.45) is 5.92 Å². The fraction of sp³-hybridized carbons (Fsp3) is 0.667. The molecule has 1 aromatic heterocycles. The molecule has 4 nitrogen and oxygen atoms in total. The van der Waals surface area contributed by atoms with Crippen molar-refractivity contribution in [1.82, 2.24) is 10.3 Å². The molecule has 1 saturated heterocycles. The zero-order valence-electron chi connectivity index (χ0n) is 9.99. The van der Waals surface area contributed by atoms with Crippen LogP contribution in [0.5, 0.6) is 0 Å². The first-order valence-electron chi connectivity index (χ1n) is 6.40. The van der Waals surface area contributed by atoms with Crippen molar-refractivity contribution in [2.45, 2.75) is 44.2 Å². The Balaban J connectivity index is 1.60. The van der Waals surface area contributed by atoms with E-state index in [1.165, 1.54) is 37.0 Å². The number of carbonyl (C=O) groups is 1. The summed E-state index contributed by atoms with van der Waals surface area (Å²) in [5, 5.41) is 7.03. The number of rotatable bonds is 2. The van der Waals surface area contributed by atoms with E-state index in [9.17, 15) is 4.79 Å². The van der Waals surface area contributed by atoms with Crippen molar-refractivity contribution < 1.29 is 4.79 Å². The fourth-order valence-electron chi connectivity index (χ4n) is 3.03. The number of aromatic nitrogens is 1. The van der Waals surface area contributed by atoms with Gasteiger partial charge in [-0.1, -0.05) is 24.2 Å². The lowest BCUT2D eigenvalue weighted by Crippen LogP contribution is -2.39. The molecular weight excluding hydrogens is 314 g/mol. The Kier molecular flexibility index (Phi) is 3.68. The smallest absolute Gasteiger partial charge is 0.243 e. The molecule has 1 aliphatic heterocycles. The number of hydrogen-bond acceptors (Lipinski definition) is 4. The van der Waals surface area contributed by atoms with Gasteiger partial charge in [0.05, 0.1) is 16.0 Å². The predicted octanol–water partition coefficient (Wildman–Crippen LogP) is 2.76. The first-order chi connectivity index (χ1) is 8.72. The predicted molar refractivity (Wildman–Crippen MR) is 75.7 cm³/mol. The molecular formula is C12H16BrN3OS. The average Bonchev–Trinajstić information content (AvgIpc) is 2.95. The minimum Gasteiger partial charge on any atom is -0.303 e. The van der Waals surface area contributed by atoms with Crippen molar-refractivity contribution in [2.75, 3.05) is 5.32 Å². The molecule has 2 fully saturated rings. The maximum atomic E-state index is 12.1. The normalized spacial score (nSPS) is 31.1. The Bertz CT molecular complexity index is 436. The number of hydrogen-bond donors (Lipinski definition) is 2. The molecule has 6 heteroatoms. The molecule has 0 aromatic carbocycles. The Morgan fingerprint density at radius 3 is 3.06 bits per heavy atom. The maximum absolute atomic E-state index is 12.1. The standard InChI is InChI=1S/C12H16BrN3OS/c13-10-6-14-12(18-10)16-11(17)9-5-7-3-1-2-4-8(7)15-9/h6-9,15H,1-5H2,(H,14,16,17). The molecule has 0 bridgehead atoms. The summed E-state index contributed by atoms with van der Waals surface area (Å²) in [7, 11) is 0. The number of nitrogens with zero attached hydrogens (tertiary/aromatic N) is 1. The minimum absolute atomic E-state index is 0.0409. The molecule has 18 heavy (non-hydrogen) atoms. The van der Waals surface area contributed by atoms with E-state index in [0.717, 1.165) is 10.2 Å². The van der Waals surface area contributed by atoms with Crippen LogP contribution >= 0.6 is 27.3 Å². The highest BCUT2D eigenvalue weighted by Gasteiger charge is 2.38. The van der Waals surface area contributed by atoms with Gasteiger partial charge in [-0.05, 0) is 41.1 Å². The third-order valence-electron chi connectivity index (χ3n) is 3.89. The second-order valence-electron chi connectivity index (χ2n) is 5.06. The largest absolute Gasteiger partial charge is 0.303 e. The van der Waals surface area contributed by atoms with E-state index in [1.807, 2.05) is 0 Å². The van der Waals surface area contributed by atoms with Crippen LogP contribution in [0.2, 0.25) is 0 Å². The lowest BCUT2D eigenvalue weighted by Gasteiger charge is -2.24. The van der Waals surface area contributed by atoms with Crippen LogP contribution in [0.25, 0.3) is 0 Å². The fourth-order valence-corrected chi connectivity index (χ4v) is 4.14. The number of amides is 1. The van der Waals surface area contributed by atoms with Crippen LogP contribution in [0.4, 0.5) is 5.13 Å². The summed E-state index contributed by atoms with van der Waals surface area (Å²) in [6, 6.07) is 0.512. The Morgan fingerprint density at radius 1 is 1.50 bits per heavy atom. The van der Waals surface area contributed by atoms with E-state index in [0.29, 0.717) is 17.1 Å². The van der Waals surface area contributed by atoms with Gasteiger partial charge in [-0.3, -0.25) is 4.79 Å². The zero-order chi connectivity index (χ0) is 12.5. The van der Waals surface area contributed by atoms with Crippen molar-refractivity contribution in [3.63, 3.8) is 0 Å². The number of carbonyl (C=O) groups excluding carboxylic acids is 1. The highest BCUT2D eigenvalue weighted by molar-refractivity contribution is 9.11. The number of thiazole rings is 1. The maximum Gasteiger partial charge on any atom is 0.243 e. The van der Waals surface area contributed by atoms with Gasteiger partial charge in [0.25, 0.3) is 0 Å². The van der Waals surface area contributed by atoms with Gasteiger partial charge in [0, 0.05) is 6.04 Å². The SMILES string of the molecule is O=C(Nc1ncc(Br)s1)C1CC2CCCCC2N1. The first-order valence-corrected chi connectivity index (χ1v) is 8.01. The van der Waals surface area contributed by atoms with Crippen LogP contribution in [-0.4, -0.2) is 23.0 Å². The van der Waals surface area contributed by atoms with Gasteiger partial charge in [-0.2, -0.15) is 0 Å². The highest BCUT2D eigenvalue weighted by Crippen LogP contribution is 2.33. The monoisotopic (exact) mass is 329 g/mol. The van der Waals surface area contributed by atoms with Gasteiger partial charge in [-0.25, -0.2) is 4.98 Å². The first kappa shape index (κ1) is 12.6. The zero-order valence-corrected chi connectivity index (χ0v) is 12.4. The number of halogens is 1. The van der Waals surface area contributed by atoms with E-state index in [2.05, 4.69) is 31.5 Å². The Labute approximate surface area is 119 Å². The van der Waals surface area contributed by atoms with Gasteiger partial charge in [-0.15, -0.1) is 0 Å². The van der Waals surface area contributed by atoms with E-state index < -0.39 is 0 Å². The molecule has 2 N–H and O–H groups in total. The van der Waals surface area contributed by atoms with Gasteiger partial charge in [0.2, 0.25) is 5.91 Å². The van der Waals surface area contributed by atoms with Crippen molar-refractivity contribution in [3.05, 3.63) is 9.98 Å². The molecule has 1 aliphatic carbocycles. The lowest BCUT2D eigenvalue weighted by atomic mass is 9.85. The molecule has 3 rings (SSSR count). The van der Waals surface area contributed by atoms with E-state index in [4.69, 9.17) is 0 Å². The third kappa shape index (κ3) is 2.60. The van der Waals surface area contributed by atoms with Gasteiger partial charge >= 0.3 is 0 Å². The van der Waals surface area contributed by atoms with Gasteiger partial charge < -0.3 is 10.6 Å². The highest BCUT2D eigenvalue weighted by atomic mass is 79.9. The molecule has 1 saturated carbocycles. The molecule has 1 amide bonds. The van der Waals surface area contributed by atoms with Crippen LogP contribution in [-0.2, 0) is 4.79 Å². The third-order valence-corrected chi connectivity index (χ3v) is 5.28. The Morgan fingerprint density at radius 2 is 2.33 bits per heavy atom. The summed E-state index contributed by atoms with van der Waals surface area (Å²) in [4.78, 5) is 16.3. The van der Waals surface area contributed by atoms with E-state index in [-0.39, 0.29) is 11.9 Å². The summed E-state index contributed by atoms with van der Waals surface area (Å²) in [6.45, 7) is 0. The molecule has 1 aromatic rings. The topological polar surface area (TPSA) is 54.0 Å². The quantitative estimate of drug-likeness (QED) is 0.877. The van der Waals surface area contributed by atoms with Gasteiger partial charge in [0.15, 0.2) is 5.13 Å². The van der Waals surface area contributed by atoms with E-state index >= 15 is 0 Å². The minimum atomic E-state index is -0.0409. The summed E-state index contributed by atoms with van der Waals surface area (Å²) < 4.78 is 0.936. The van der Waals surface area contributed by atoms with Crippen LogP contribution in [0.15, 0.2) is 9.98 Å². The number of anilines is 1. The van der Waals surface area contributed by atoms with Crippen molar-refractivity contribution in [1.29, 1.82) is 0 Å². The summed E-state index contributed by atoms with van der Waals surface area (Å²) >= 11 is 4.79. The molecule has 3 atom stereocenters. The number of fused-ring (bicyclic) bond motifs is 1. The van der Waals surface area contributed by atoms with Gasteiger partial charge in [0.1, 0.15) is 0 Å².